The first-order valence-electron chi connectivity index (χ1n) is 6.14. The Labute approximate surface area is 107 Å². The van der Waals surface area contributed by atoms with Gasteiger partial charge in [0.05, 0.1) is 7.11 Å². The van der Waals surface area contributed by atoms with E-state index in [1.807, 2.05) is 0 Å². The van der Waals surface area contributed by atoms with Crippen molar-refractivity contribution in [1.82, 2.24) is 19.9 Å². The molecule has 7 heteroatoms. The van der Waals surface area contributed by atoms with Gasteiger partial charge in [0.1, 0.15) is 0 Å². The number of ether oxygens (including phenoxy) is 1. The monoisotopic (exact) mass is 252 g/mol. The lowest BCUT2D eigenvalue weighted by Crippen LogP contribution is -2.37. The zero-order valence-electron chi connectivity index (χ0n) is 11.1. The summed E-state index contributed by atoms with van der Waals surface area (Å²) >= 11 is 0. The lowest BCUT2D eigenvalue weighted by atomic mass is 10.1. The molecule has 2 N–H and O–H groups in total. The predicted octanol–water partition coefficient (Wildman–Crippen LogP) is 0.428. The van der Waals surface area contributed by atoms with Crippen LogP contribution in [0.15, 0.2) is 0 Å². The lowest BCUT2D eigenvalue weighted by Gasteiger charge is -2.29. The molecule has 0 spiro atoms. The van der Waals surface area contributed by atoms with Crippen LogP contribution in [-0.2, 0) is 0 Å². The maximum Gasteiger partial charge on any atom is 0.322 e. The fourth-order valence-corrected chi connectivity index (χ4v) is 1.96. The summed E-state index contributed by atoms with van der Waals surface area (Å²) in [5, 5.41) is 6.24. The molecule has 100 valence electrons. The first kappa shape index (κ1) is 12.8. The normalized spacial score (nSPS) is 17.5. The molecule has 2 heterocycles. The molecular weight excluding hydrogens is 232 g/mol. The topological polar surface area (TPSA) is 75.2 Å². The average Bonchev–Trinajstić information content (AvgIpc) is 2.41. The summed E-state index contributed by atoms with van der Waals surface area (Å²) in [4.78, 5) is 14.9. The molecule has 0 atom stereocenters. The van der Waals surface area contributed by atoms with Crippen LogP contribution in [0.2, 0.25) is 0 Å². The van der Waals surface area contributed by atoms with Gasteiger partial charge in [-0.25, -0.2) is 0 Å². The maximum atomic E-state index is 5.05. The molecule has 0 amide bonds. The van der Waals surface area contributed by atoms with Crippen molar-refractivity contribution in [3.05, 3.63) is 0 Å². The first-order valence-corrected chi connectivity index (χ1v) is 6.14. The van der Waals surface area contributed by atoms with Crippen molar-refractivity contribution in [2.45, 2.75) is 18.9 Å². The number of rotatable bonds is 4. The number of methoxy groups -OCH3 is 1. The molecule has 0 bridgehead atoms. The number of nitrogens with zero attached hydrogens (tertiary/aromatic N) is 4. The quantitative estimate of drug-likeness (QED) is 0.804. The first-order chi connectivity index (χ1) is 8.71. The molecule has 1 aromatic rings. The van der Waals surface area contributed by atoms with Gasteiger partial charge in [-0.3, -0.25) is 0 Å². The van der Waals surface area contributed by atoms with Gasteiger partial charge in [-0.1, -0.05) is 0 Å². The molecule has 1 aliphatic rings. The van der Waals surface area contributed by atoms with Crippen LogP contribution >= 0.6 is 0 Å². The van der Waals surface area contributed by atoms with Crippen molar-refractivity contribution >= 4 is 11.9 Å². The Kier molecular flexibility index (Phi) is 4.14. The van der Waals surface area contributed by atoms with Gasteiger partial charge in [0.2, 0.25) is 11.9 Å². The van der Waals surface area contributed by atoms with Crippen molar-refractivity contribution < 1.29 is 4.74 Å². The molecule has 0 radical (unpaired) electrons. The number of aromatic nitrogens is 3. The largest absolute Gasteiger partial charge is 0.467 e. The van der Waals surface area contributed by atoms with Crippen LogP contribution < -0.4 is 15.4 Å². The summed E-state index contributed by atoms with van der Waals surface area (Å²) < 4.78 is 5.05. The van der Waals surface area contributed by atoms with E-state index < -0.39 is 0 Å². The van der Waals surface area contributed by atoms with Gasteiger partial charge in [-0.05, 0) is 33.0 Å². The summed E-state index contributed by atoms with van der Waals surface area (Å²) in [6.45, 7) is 2.19. The Hall–Kier alpha value is -1.63. The van der Waals surface area contributed by atoms with E-state index in [0.717, 1.165) is 25.9 Å². The summed E-state index contributed by atoms with van der Waals surface area (Å²) in [5.74, 6) is 1.08. The summed E-state index contributed by atoms with van der Waals surface area (Å²) in [6.07, 6.45) is 2.19. The van der Waals surface area contributed by atoms with E-state index in [1.54, 1.807) is 14.2 Å². The van der Waals surface area contributed by atoms with Gasteiger partial charge in [0, 0.05) is 13.1 Å². The van der Waals surface area contributed by atoms with Crippen LogP contribution in [0.5, 0.6) is 6.01 Å². The Morgan fingerprint density at radius 1 is 1.17 bits per heavy atom. The fraction of sp³-hybridized carbons (Fsp3) is 0.727. The SMILES string of the molecule is CNc1nc(NC2CCN(C)CC2)nc(OC)n1. The second-order valence-corrected chi connectivity index (χ2v) is 4.44. The molecule has 7 nitrogen and oxygen atoms in total. The summed E-state index contributed by atoms with van der Waals surface area (Å²) in [7, 11) is 5.46. The Morgan fingerprint density at radius 3 is 2.44 bits per heavy atom. The van der Waals surface area contributed by atoms with Crippen LogP contribution in [-0.4, -0.2) is 60.2 Å². The highest BCUT2D eigenvalue weighted by atomic mass is 16.5. The van der Waals surface area contributed by atoms with Crippen LogP contribution in [0.4, 0.5) is 11.9 Å². The van der Waals surface area contributed by atoms with E-state index in [4.69, 9.17) is 4.74 Å². The third-order valence-corrected chi connectivity index (χ3v) is 3.07. The molecule has 18 heavy (non-hydrogen) atoms. The van der Waals surface area contributed by atoms with Crippen LogP contribution in [0, 0.1) is 0 Å². The maximum absolute atomic E-state index is 5.05. The van der Waals surface area contributed by atoms with Crippen LogP contribution in [0.3, 0.4) is 0 Å². The molecule has 0 aliphatic carbocycles. The van der Waals surface area contributed by atoms with Gasteiger partial charge in [0.15, 0.2) is 0 Å². The van der Waals surface area contributed by atoms with E-state index in [1.165, 1.54) is 0 Å². The minimum absolute atomic E-state index is 0.324. The van der Waals surface area contributed by atoms with Crippen molar-refractivity contribution in [3.63, 3.8) is 0 Å². The smallest absolute Gasteiger partial charge is 0.322 e. The number of likely N-dealkylation sites (tertiary alicyclic amines) is 1. The summed E-state index contributed by atoms with van der Waals surface area (Å²) in [5.41, 5.74) is 0. The van der Waals surface area contributed by atoms with Gasteiger partial charge >= 0.3 is 6.01 Å². The molecule has 1 aromatic heterocycles. The number of anilines is 2. The van der Waals surface area contributed by atoms with Gasteiger partial charge < -0.3 is 20.3 Å². The third kappa shape index (κ3) is 3.19. The van der Waals surface area contributed by atoms with Crippen molar-refractivity contribution in [2.24, 2.45) is 0 Å². The molecule has 0 aromatic carbocycles. The molecule has 2 rings (SSSR count). The van der Waals surface area contributed by atoms with Gasteiger partial charge in [0.25, 0.3) is 0 Å². The summed E-state index contributed by atoms with van der Waals surface area (Å²) in [6, 6.07) is 0.739. The minimum Gasteiger partial charge on any atom is -0.467 e. The fourth-order valence-electron chi connectivity index (χ4n) is 1.96. The Morgan fingerprint density at radius 2 is 1.83 bits per heavy atom. The predicted molar refractivity (Wildman–Crippen MR) is 70.1 cm³/mol. The molecular formula is C11H20N6O. The van der Waals surface area contributed by atoms with Crippen molar-refractivity contribution in [1.29, 1.82) is 0 Å². The number of hydrogen-bond acceptors (Lipinski definition) is 7. The van der Waals surface area contributed by atoms with Gasteiger partial charge in [-0.2, -0.15) is 15.0 Å². The average molecular weight is 252 g/mol. The van der Waals surface area contributed by atoms with E-state index in [2.05, 4.69) is 37.5 Å². The Balaban J connectivity index is 2.03. The molecule has 1 saturated heterocycles. The highest BCUT2D eigenvalue weighted by molar-refractivity contribution is 5.36. The highest BCUT2D eigenvalue weighted by Gasteiger charge is 2.18. The molecule has 0 saturated carbocycles. The Bertz CT molecular complexity index is 369. The number of hydrogen-bond donors (Lipinski definition) is 2. The third-order valence-electron chi connectivity index (χ3n) is 3.07. The van der Waals surface area contributed by atoms with Crippen LogP contribution in [0.1, 0.15) is 12.8 Å². The van der Waals surface area contributed by atoms with Crippen LogP contribution in [0.25, 0.3) is 0 Å². The zero-order valence-corrected chi connectivity index (χ0v) is 11.1. The zero-order chi connectivity index (χ0) is 13.0. The molecule has 0 unspecified atom stereocenters. The van der Waals surface area contributed by atoms with Crippen molar-refractivity contribution in [2.75, 3.05) is 44.9 Å². The number of piperidine rings is 1. The van der Waals surface area contributed by atoms with Gasteiger partial charge in [-0.15, -0.1) is 0 Å². The van der Waals surface area contributed by atoms with E-state index in [0.29, 0.717) is 23.9 Å². The number of nitrogens with one attached hydrogen (secondary N) is 2. The second kappa shape index (κ2) is 5.81. The standard InChI is InChI=1S/C11H20N6O/c1-12-9-14-10(16-11(15-9)18-3)13-8-4-6-17(2)7-5-8/h8H,4-7H2,1-3H3,(H2,12,13,14,15,16). The van der Waals surface area contributed by atoms with E-state index in [9.17, 15) is 0 Å². The molecule has 1 fully saturated rings. The van der Waals surface area contributed by atoms with Crippen molar-refractivity contribution in [3.8, 4) is 6.01 Å². The lowest BCUT2D eigenvalue weighted by molar-refractivity contribution is 0.263. The highest BCUT2D eigenvalue weighted by Crippen LogP contribution is 2.15. The molecule has 1 aliphatic heterocycles. The second-order valence-electron chi connectivity index (χ2n) is 4.44. The van der Waals surface area contributed by atoms with E-state index >= 15 is 0 Å². The minimum atomic E-state index is 0.324. The van der Waals surface area contributed by atoms with E-state index in [-0.39, 0.29) is 0 Å².